The molecule has 0 radical (unpaired) electrons. The molecule has 1 aliphatic carbocycles. The van der Waals surface area contributed by atoms with Crippen LogP contribution in [-0.4, -0.2) is 23.1 Å². The van der Waals surface area contributed by atoms with Gasteiger partial charge < -0.3 is 20.7 Å². The summed E-state index contributed by atoms with van der Waals surface area (Å²) in [7, 11) is 1.67. The highest BCUT2D eigenvalue weighted by Gasteiger charge is 2.15. The summed E-state index contributed by atoms with van der Waals surface area (Å²) in [6.07, 6.45) is 6.16. The number of nitrogens with zero attached hydrogens (tertiary/aromatic N) is 2. The van der Waals surface area contributed by atoms with Crippen LogP contribution in [0.3, 0.4) is 0 Å². The highest BCUT2D eigenvalue weighted by Crippen LogP contribution is 2.26. The number of anilines is 5. The number of rotatable bonds is 7. The van der Waals surface area contributed by atoms with E-state index in [2.05, 4.69) is 47.1 Å². The number of nitrogens with one attached hydrogen (secondary N) is 3. The molecule has 0 amide bonds. The van der Waals surface area contributed by atoms with Gasteiger partial charge in [0.05, 0.1) is 7.11 Å². The summed E-state index contributed by atoms with van der Waals surface area (Å²) in [5, 5.41) is 10.3. The maximum atomic E-state index is 5.33. The fraction of sp³-hybridized carbons (Fsp3) is 0.333. The smallest absolute Gasteiger partial charge is 0.226 e. The second-order valence-corrected chi connectivity index (χ2v) is 7.79. The number of aromatic nitrogens is 2. The first-order chi connectivity index (χ1) is 14.7. The monoisotopic (exact) mass is 403 g/mol. The maximum absolute atomic E-state index is 5.33. The molecule has 0 bridgehead atoms. The molecule has 6 nitrogen and oxygen atoms in total. The lowest BCUT2D eigenvalue weighted by Gasteiger charge is -2.23. The predicted octanol–water partition coefficient (Wildman–Crippen LogP) is 6.03. The van der Waals surface area contributed by atoms with Gasteiger partial charge in [-0.2, -0.15) is 9.97 Å². The molecule has 3 aromatic rings. The van der Waals surface area contributed by atoms with Gasteiger partial charge in [-0.15, -0.1) is 0 Å². The first kappa shape index (κ1) is 20.0. The molecule has 1 saturated carbocycles. The van der Waals surface area contributed by atoms with Gasteiger partial charge in [0.25, 0.3) is 0 Å². The second kappa shape index (κ2) is 9.48. The van der Waals surface area contributed by atoms with Crippen molar-refractivity contribution in [2.75, 3.05) is 23.1 Å². The molecule has 1 aromatic heterocycles. The number of benzene rings is 2. The molecule has 0 aliphatic heterocycles. The van der Waals surface area contributed by atoms with E-state index >= 15 is 0 Å². The van der Waals surface area contributed by atoms with Crippen molar-refractivity contribution < 1.29 is 4.74 Å². The van der Waals surface area contributed by atoms with Gasteiger partial charge in [-0.25, -0.2) is 0 Å². The molecule has 2 aromatic carbocycles. The van der Waals surface area contributed by atoms with Crippen LogP contribution < -0.4 is 20.7 Å². The normalized spacial score (nSPS) is 14.2. The van der Waals surface area contributed by atoms with E-state index in [-0.39, 0.29) is 0 Å². The van der Waals surface area contributed by atoms with Gasteiger partial charge in [0.2, 0.25) is 5.95 Å². The van der Waals surface area contributed by atoms with Crippen LogP contribution in [0, 0.1) is 6.92 Å². The molecule has 1 heterocycles. The van der Waals surface area contributed by atoms with Crippen LogP contribution in [0.2, 0.25) is 0 Å². The van der Waals surface area contributed by atoms with E-state index < -0.39 is 0 Å². The number of hydrogen-bond donors (Lipinski definition) is 3. The summed E-state index contributed by atoms with van der Waals surface area (Å²) in [5.74, 6) is 2.92. The minimum atomic E-state index is 0.429. The molecule has 0 spiro atoms. The Kier molecular flexibility index (Phi) is 6.32. The van der Waals surface area contributed by atoms with Gasteiger partial charge in [-0.05, 0) is 44.0 Å². The molecular weight excluding hydrogens is 374 g/mol. The van der Waals surface area contributed by atoms with Gasteiger partial charge in [-0.1, -0.05) is 43.0 Å². The number of ether oxygens (including phenoxy) is 1. The summed E-state index contributed by atoms with van der Waals surface area (Å²) < 4.78 is 5.33. The molecule has 156 valence electrons. The SMILES string of the molecule is COc1cccc(Nc2cc(Nc3ccc(C)cc3)nc(NC3CCCCC3)n2)c1. The van der Waals surface area contributed by atoms with E-state index in [0.717, 1.165) is 41.6 Å². The highest BCUT2D eigenvalue weighted by molar-refractivity contribution is 5.65. The quantitative estimate of drug-likeness (QED) is 0.448. The van der Waals surface area contributed by atoms with Crippen molar-refractivity contribution in [2.24, 2.45) is 0 Å². The van der Waals surface area contributed by atoms with Crippen LogP contribution in [0.4, 0.5) is 29.0 Å². The summed E-state index contributed by atoms with van der Waals surface area (Å²) in [6, 6.07) is 18.4. The Morgan fingerprint density at radius 2 is 1.53 bits per heavy atom. The van der Waals surface area contributed by atoms with Crippen LogP contribution in [0.1, 0.15) is 37.7 Å². The number of aryl methyl sites for hydroxylation is 1. The van der Waals surface area contributed by atoms with Crippen LogP contribution in [-0.2, 0) is 0 Å². The molecule has 1 fully saturated rings. The Morgan fingerprint density at radius 1 is 0.833 bits per heavy atom. The van der Waals surface area contributed by atoms with Crippen molar-refractivity contribution in [3.8, 4) is 5.75 Å². The molecule has 30 heavy (non-hydrogen) atoms. The lowest BCUT2D eigenvalue weighted by molar-refractivity contribution is 0.415. The summed E-state index contributed by atoms with van der Waals surface area (Å²) >= 11 is 0. The molecule has 1 aliphatic rings. The van der Waals surface area contributed by atoms with Crippen LogP contribution >= 0.6 is 0 Å². The number of methoxy groups -OCH3 is 1. The fourth-order valence-electron chi connectivity index (χ4n) is 3.70. The average molecular weight is 404 g/mol. The maximum Gasteiger partial charge on any atom is 0.226 e. The first-order valence-corrected chi connectivity index (χ1v) is 10.6. The van der Waals surface area contributed by atoms with E-state index in [1.54, 1.807) is 7.11 Å². The lowest BCUT2D eigenvalue weighted by atomic mass is 9.96. The van der Waals surface area contributed by atoms with Gasteiger partial charge in [0.15, 0.2) is 0 Å². The minimum Gasteiger partial charge on any atom is -0.497 e. The third-order valence-electron chi connectivity index (χ3n) is 5.33. The third-order valence-corrected chi connectivity index (χ3v) is 5.33. The Hall–Kier alpha value is -3.28. The standard InChI is InChI=1S/C24H29N5O/c1-17-11-13-19(14-12-17)25-22-16-23(26-20-9-6-10-21(15-20)30-2)29-24(28-22)27-18-7-4-3-5-8-18/h6,9-16,18H,3-5,7-8H2,1-2H3,(H3,25,26,27,28,29). The summed E-state index contributed by atoms with van der Waals surface area (Å²) in [6.45, 7) is 2.08. The molecule has 4 rings (SSSR count). The zero-order valence-corrected chi connectivity index (χ0v) is 17.6. The van der Waals surface area contributed by atoms with Crippen LogP contribution in [0.25, 0.3) is 0 Å². The minimum absolute atomic E-state index is 0.429. The second-order valence-electron chi connectivity index (χ2n) is 7.79. The van der Waals surface area contributed by atoms with Crippen LogP contribution in [0.15, 0.2) is 54.6 Å². The molecular formula is C24H29N5O. The zero-order valence-electron chi connectivity index (χ0n) is 17.6. The molecule has 0 atom stereocenters. The Morgan fingerprint density at radius 3 is 2.23 bits per heavy atom. The molecule has 3 N–H and O–H groups in total. The van der Waals surface area contributed by atoms with Crippen LogP contribution in [0.5, 0.6) is 5.75 Å². The van der Waals surface area contributed by atoms with E-state index in [9.17, 15) is 0 Å². The van der Waals surface area contributed by atoms with E-state index in [1.807, 2.05) is 30.3 Å². The van der Waals surface area contributed by atoms with Crippen molar-refractivity contribution in [3.05, 3.63) is 60.2 Å². The Bertz CT molecular complexity index is 968. The Labute approximate surface area is 178 Å². The van der Waals surface area contributed by atoms with Gasteiger partial charge in [-0.3, -0.25) is 0 Å². The van der Waals surface area contributed by atoms with E-state index in [0.29, 0.717) is 12.0 Å². The topological polar surface area (TPSA) is 71.1 Å². The molecule has 0 unspecified atom stereocenters. The summed E-state index contributed by atoms with van der Waals surface area (Å²) in [5.41, 5.74) is 3.14. The van der Waals surface area contributed by atoms with Gasteiger partial charge in [0, 0.05) is 29.5 Å². The summed E-state index contributed by atoms with van der Waals surface area (Å²) in [4.78, 5) is 9.44. The molecule has 6 heteroatoms. The van der Waals surface area contributed by atoms with Gasteiger partial charge >= 0.3 is 0 Å². The predicted molar refractivity (Wildman–Crippen MR) is 123 cm³/mol. The van der Waals surface area contributed by atoms with Crippen molar-refractivity contribution in [1.82, 2.24) is 9.97 Å². The first-order valence-electron chi connectivity index (χ1n) is 10.6. The zero-order chi connectivity index (χ0) is 20.8. The third kappa shape index (κ3) is 5.41. The molecule has 0 saturated heterocycles. The van der Waals surface area contributed by atoms with Gasteiger partial charge in [0.1, 0.15) is 17.4 Å². The average Bonchev–Trinajstić information content (AvgIpc) is 2.76. The van der Waals surface area contributed by atoms with E-state index in [1.165, 1.54) is 24.8 Å². The van der Waals surface area contributed by atoms with Crippen molar-refractivity contribution in [2.45, 2.75) is 45.1 Å². The van der Waals surface area contributed by atoms with Crippen molar-refractivity contribution in [3.63, 3.8) is 0 Å². The lowest BCUT2D eigenvalue weighted by Crippen LogP contribution is -2.23. The number of hydrogen-bond acceptors (Lipinski definition) is 6. The fourth-order valence-corrected chi connectivity index (χ4v) is 3.70. The van der Waals surface area contributed by atoms with Crippen molar-refractivity contribution >= 4 is 29.0 Å². The van der Waals surface area contributed by atoms with E-state index in [4.69, 9.17) is 14.7 Å². The highest BCUT2D eigenvalue weighted by atomic mass is 16.5. The largest absolute Gasteiger partial charge is 0.497 e. The Balaban J connectivity index is 1.59. The van der Waals surface area contributed by atoms with Crippen molar-refractivity contribution in [1.29, 1.82) is 0 Å².